The Bertz CT molecular complexity index is 591. The zero-order chi connectivity index (χ0) is 13.7. The van der Waals surface area contributed by atoms with Gasteiger partial charge in [-0.15, -0.1) is 11.8 Å². The van der Waals surface area contributed by atoms with Crippen molar-refractivity contribution in [1.29, 1.82) is 0 Å². The summed E-state index contributed by atoms with van der Waals surface area (Å²) in [6.45, 7) is 0. The third-order valence-corrected chi connectivity index (χ3v) is 4.70. The normalized spacial score (nSPS) is 10.2. The van der Waals surface area contributed by atoms with E-state index >= 15 is 0 Å². The van der Waals surface area contributed by atoms with Crippen LogP contribution in [0.2, 0.25) is 5.02 Å². The van der Waals surface area contributed by atoms with Crippen LogP contribution in [0.5, 0.6) is 0 Å². The predicted octanol–water partition coefficient (Wildman–Crippen LogP) is 4.83. The molecule has 2 aromatic rings. The van der Waals surface area contributed by atoms with Crippen LogP contribution in [0.15, 0.2) is 57.9 Å². The minimum Gasteiger partial charge on any atom is -0.324 e. The Labute approximate surface area is 129 Å². The van der Waals surface area contributed by atoms with Gasteiger partial charge in [0.1, 0.15) is 0 Å². The molecule has 1 N–H and O–H groups in total. The number of rotatable bonds is 4. The van der Waals surface area contributed by atoms with Gasteiger partial charge in [-0.25, -0.2) is 0 Å². The van der Waals surface area contributed by atoms with Crippen molar-refractivity contribution < 1.29 is 4.79 Å². The Kier molecular flexibility index (Phi) is 5.31. The molecule has 0 atom stereocenters. The molecule has 0 aliphatic rings. The van der Waals surface area contributed by atoms with Crippen LogP contribution in [0, 0.1) is 0 Å². The van der Waals surface area contributed by atoms with E-state index in [2.05, 4.69) is 21.2 Å². The minimum atomic E-state index is -0.0751. The lowest BCUT2D eigenvalue weighted by Gasteiger charge is -2.07. The number of hydrogen-bond donors (Lipinski definition) is 1. The molecule has 0 unspecified atom stereocenters. The number of hydrogen-bond acceptors (Lipinski definition) is 2. The van der Waals surface area contributed by atoms with Gasteiger partial charge in [0.15, 0.2) is 0 Å². The zero-order valence-corrected chi connectivity index (χ0v) is 13.1. The van der Waals surface area contributed by atoms with Crippen molar-refractivity contribution in [3.8, 4) is 0 Å². The molecule has 19 heavy (non-hydrogen) atoms. The van der Waals surface area contributed by atoms with Crippen molar-refractivity contribution in [3.05, 3.63) is 58.0 Å². The first-order chi connectivity index (χ1) is 9.16. The number of halogens is 2. The smallest absolute Gasteiger partial charge is 0.234 e. The number of carbonyl (C=O) groups is 1. The highest BCUT2D eigenvalue weighted by atomic mass is 79.9. The van der Waals surface area contributed by atoms with E-state index in [1.807, 2.05) is 36.4 Å². The second-order valence-electron chi connectivity index (χ2n) is 3.75. The average molecular weight is 357 g/mol. The summed E-state index contributed by atoms with van der Waals surface area (Å²) in [6.07, 6.45) is 0. The molecular weight excluding hydrogens is 346 g/mol. The van der Waals surface area contributed by atoms with Crippen LogP contribution in [0.1, 0.15) is 0 Å². The summed E-state index contributed by atoms with van der Waals surface area (Å²) in [6, 6.07) is 15.0. The molecule has 0 saturated heterocycles. The summed E-state index contributed by atoms with van der Waals surface area (Å²) in [4.78, 5) is 12.9. The van der Waals surface area contributed by atoms with Gasteiger partial charge in [-0.2, -0.15) is 0 Å². The number of para-hydroxylation sites is 1. The maximum atomic E-state index is 11.8. The van der Waals surface area contributed by atoms with E-state index in [1.54, 1.807) is 12.1 Å². The van der Waals surface area contributed by atoms with Crippen molar-refractivity contribution in [3.63, 3.8) is 0 Å². The first-order valence-corrected chi connectivity index (χ1v) is 7.74. The van der Waals surface area contributed by atoms with Gasteiger partial charge in [-0.05, 0) is 40.2 Å². The lowest BCUT2D eigenvalue weighted by atomic mass is 10.3. The maximum Gasteiger partial charge on any atom is 0.234 e. The van der Waals surface area contributed by atoms with Crippen LogP contribution >= 0.6 is 39.3 Å². The van der Waals surface area contributed by atoms with Crippen LogP contribution < -0.4 is 5.32 Å². The maximum absolute atomic E-state index is 11.8. The van der Waals surface area contributed by atoms with Gasteiger partial charge in [0.05, 0.1) is 16.5 Å². The van der Waals surface area contributed by atoms with E-state index in [0.29, 0.717) is 16.5 Å². The monoisotopic (exact) mass is 355 g/mol. The number of nitrogens with one attached hydrogen (secondary N) is 1. The summed E-state index contributed by atoms with van der Waals surface area (Å²) in [7, 11) is 0. The molecule has 5 heteroatoms. The van der Waals surface area contributed by atoms with Crippen molar-refractivity contribution in [1.82, 2.24) is 0 Å². The van der Waals surface area contributed by atoms with Crippen molar-refractivity contribution in [2.45, 2.75) is 4.90 Å². The Hall–Kier alpha value is -0.970. The quantitative estimate of drug-likeness (QED) is 0.795. The predicted molar refractivity (Wildman–Crippen MR) is 84.9 cm³/mol. The van der Waals surface area contributed by atoms with Gasteiger partial charge < -0.3 is 5.32 Å². The van der Waals surface area contributed by atoms with Crippen LogP contribution in [-0.2, 0) is 4.79 Å². The van der Waals surface area contributed by atoms with Gasteiger partial charge in [-0.3, -0.25) is 4.79 Å². The zero-order valence-electron chi connectivity index (χ0n) is 9.90. The number of thioether (sulfide) groups is 1. The lowest BCUT2D eigenvalue weighted by Crippen LogP contribution is -2.14. The first kappa shape index (κ1) is 14.4. The second kappa shape index (κ2) is 6.98. The minimum absolute atomic E-state index is 0.0751. The number of carbonyl (C=O) groups excluding carboxylic acids is 1. The molecule has 0 radical (unpaired) electrons. The molecule has 2 aromatic carbocycles. The summed E-state index contributed by atoms with van der Waals surface area (Å²) < 4.78 is 0.991. The van der Waals surface area contributed by atoms with Crippen LogP contribution in [0.25, 0.3) is 0 Å². The summed E-state index contributed by atoms with van der Waals surface area (Å²) in [5.74, 6) is 0.266. The molecule has 98 valence electrons. The lowest BCUT2D eigenvalue weighted by molar-refractivity contribution is -0.113. The number of anilines is 1. The third-order valence-electron chi connectivity index (χ3n) is 2.34. The van der Waals surface area contributed by atoms with Crippen LogP contribution in [-0.4, -0.2) is 11.7 Å². The van der Waals surface area contributed by atoms with Gasteiger partial charge in [-0.1, -0.05) is 35.9 Å². The van der Waals surface area contributed by atoms with Gasteiger partial charge in [0.2, 0.25) is 5.91 Å². The van der Waals surface area contributed by atoms with E-state index in [0.717, 1.165) is 9.37 Å². The van der Waals surface area contributed by atoms with Crippen LogP contribution in [0.4, 0.5) is 5.69 Å². The SMILES string of the molecule is O=C(CSc1ccccc1Br)Nc1ccccc1Cl. The third kappa shape index (κ3) is 4.27. The van der Waals surface area contributed by atoms with Crippen molar-refractivity contribution in [2.24, 2.45) is 0 Å². The van der Waals surface area contributed by atoms with Gasteiger partial charge in [0.25, 0.3) is 0 Å². The molecule has 1 amide bonds. The highest BCUT2D eigenvalue weighted by Crippen LogP contribution is 2.27. The average Bonchev–Trinajstić information content (AvgIpc) is 2.40. The molecule has 0 saturated carbocycles. The molecule has 0 aromatic heterocycles. The van der Waals surface area contributed by atoms with Crippen LogP contribution in [0.3, 0.4) is 0 Å². The highest BCUT2D eigenvalue weighted by molar-refractivity contribution is 9.10. The molecule has 0 aliphatic heterocycles. The molecule has 0 spiro atoms. The van der Waals surface area contributed by atoms with E-state index in [4.69, 9.17) is 11.6 Å². The number of benzene rings is 2. The van der Waals surface area contributed by atoms with Crippen molar-refractivity contribution in [2.75, 3.05) is 11.1 Å². The largest absolute Gasteiger partial charge is 0.324 e. The fourth-order valence-corrected chi connectivity index (χ4v) is 3.00. The van der Waals surface area contributed by atoms with E-state index in [-0.39, 0.29) is 5.91 Å². The molecular formula is C14H11BrClNOS. The molecule has 0 fully saturated rings. The highest BCUT2D eigenvalue weighted by Gasteiger charge is 2.07. The molecule has 0 aliphatic carbocycles. The standard InChI is InChI=1S/C14H11BrClNOS/c15-10-5-1-4-8-13(10)19-9-14(18)17-12-7-3-2-6-11(12)16/h1-8H,9H2,(H,17,18). The number of amides is 1. The Morgan fingerprint density at radius 3 is 2.58 bits per heavy atom. The molecule has 0 bridgehead atoms. The summed E-state index contributed by atoms with van der Waals surface area (Å²) >= 11 is 10.9. The Morgan fingerprint density at radius 1 is 1.16 bits per heavy atom. The van der Waals surface area contributed by atoms with E-state index in [9.17, 15) is 4.79 Å². The first-order valence-electron chi connectivity index (χ1n) is 5.58. The van der Waals surface area contributed by atoms with Crippen molar-refractivity contribution >= 4 is 50.9 Å². The van der Waals surface area contributed by atoms with E-state index in [1.165, 1.54) is 11.8 Å². The van der Waals surface area contributed by atoms with E-state index < -0.39 is 0 Å². The topological polar surface area (TPSA) is 29.1 Å². The van der Waals surface area contributed by atoms with Gasteiger partial charge in [0, 0.05) is 9.37 Å². The fourth-order valence-electron chi connectivity index (χ4n) is 1.45. The Morgan fingerprint density at radius 2 is 1.84 bits per heavy atom. The Balaban J connectivity index is 1.92. The summed E-state index contributed by atoms with van der Waals surface area (Å²) in [5.41, 5.74) is 0.641. The molecule has 2 nitrogen and oxygen atoms in total. The van der Waals surface area contributed by atoms with Gasteiger partial charge >= 0.3 is 0 Å². The molecule has 2 rings (SSSR count). The fraction of sp³-hybridized carbons (Fsp3) is 0.0714. The second-order valence-corrected chi connectivity index (χ2v) is 6.03. The molecule has 0 heterocycles. The summed E-state index contributed by atoms with van der Waals surface area (Å²) in [5, 5.41) is 3.34.